The van der Waals surface area contributed by atoms with Crippen molar-refractivity contribution in [2.24, 2.45) is 0 Å². The van der Waals surface area contributed by atoms with Crippen molar-refractivity contribution in [1.29, 1.82) is 0 Å². The molecule has 0 bridgehead atoms. The van der Waals surface area contributed by atoms with Gasteiger partial charge in [-0.3, -0.25) is 9.13 Å². The van der Waals surface area contributed by atoms with E-state index in [-0.39, 0.29) is 60.9 Å². The number of aromatic amines is 1. The highest BCUT2D eigenvalue weighted by molar-refractivity contribution is 7.71. The van der Waals surface area contributed by atoms with Gasteiger partial charge in [-0.1, -0.05) is 12.2 Å². The minimum absolute atomic E-state index is 0.0154. The van der Waals surface area contributed by atoms with Crippen molar-refractivity contribution in [2.45, 2.75) is 85.8 Å². The van der Waals surface area contributed by atoms with E-state index >= 15 is 0 Å². The third kappa shape index (κ3) is 10.4. The van der Waals surface area contributed by atoms with Gasteiger partial charge in [0.25, 0.3) is 0 Å². The van der Waals surface area contributed by atoms with Gasteiger partial charge in [-0.05, 0) is 55.4 Å². The zero-order valence-electron chi connectivity index (χ0n) is 23.3. The summed E-state index contributed by atoms with van der Waals surface area (Å²) >= 11 is 5.28. The summed E-state index contributed by atoms with van der Waals surface area (Å²) in [6, 6.07) is -0.537. The molecule has 13 nitrogen and oxygen atoms in total. The van der Waals surface area contributed by atoms with Crippen LogP contribution in [0.15, 0.2) is 6.33 Å². The van der Waals surface area contributed by atoms with Gasteiger partial charge >= 0.3 is 15.2 Å². The minimum Gasteiger partial charge on any atom is -0.369 e. The summed E-state index contributed by atoms with van der Waals surface area (Å²) in [5, 5.41) is 0. The molecule has 0 atom stereocenters. The van der Waals surface area contributed by atoms with Crippen LogP contribution in [0, 0.1) is 4.64 Å². The molecule has 0 aliphatic rings. The van der Waals surface area contributed by atoms with Gasteiger partial charge in [0.2, 0.25) is 0 Å². The van der Waals surface area contributed by atoms with Crippen LogP contribution < -0.4 is 5.73 Å². The quantitative estimate of drug-likeness (QED) is 0.171. The van der Waals surface area contributed by atoms with E-state index in [9.17, 15) is 9.13 Å². The molecule has 0 amide bonds. The van der Waals surface area contributed by atoms with Gasteiger partial charge < -0.3 is 42.9 Å². The first kappa shape index (κ1) is 33.0. The number of nitrogens with two attached hydrogens (primary N) is 1. The number of nitrogens with one attached hydrogen (secondary N) is 1. The molecule has 0 aromatic carbocycles. The maximum atomic E-state index is 13.2. The smallest absolute Gasteiger partial charge is 0.356 e. The van der Waals surface area contributed by atoms with Crippen molar-refractivity contribution in [3.8, 4) is 0 Å². The van der Waals surface area contributed by atoms with Crippen molar-refractivity contribution in [1.82, 2.24) is 19.5 Å². The van der Waals surface area contributed by atoms with E-state index in [0.29, 0.717) is 11.2 Å². The first-order valence-electron chi connectivity index (χ1n) is 12.4. The molecule has 3 N–H and O–H groups in total. The Morgan fingerprint density at radius 2 is 1.29 bits per heavy atom. The maximum Gasteiger partial charge on any atom is 0.356 e. The lowest BCUT2D eigenvalue weighted by Gasteiger charge is -2.26. The topological polar surface area (TPSA) is 162 Å². The largest absolute Gasteiger partial charge is 0.369 e. The Bertz CT molecular complexity index is 1110. The van der Waals surface area contributed by atoms with E-state index in [1.54, 1.807) is 66.3 Å². The van der Waals surface area contributed by atoms with Crippen LogP contribution in [-0.4, -0.2) is 69.8 Å². The van der Waals surface area contributed by atoms with Crippen LogP contribution in [0.3, 0.4) is 0 Å². The Labute approximate surface area is 229 Å². The van der Waals surface area contributed by atoms with Gasteiger partial charge in [-0.2, -0.15) is 0 Å². The Morgan fingerprint density at radius 3 is 1.68 bits per heavy atom. The number of H-pyrrole nitrogens is 1. The molecule has 16 heteroatoms. The number of ether oxygens (including phenoxy) is 2. The molecular formula is C22H41N5O8P2S. The molecule has 2 aromatic heterocycles. The van der Waals surface area contributed by atoms with E-state index in [2.05, 4.69) is 15.0 Å². The number of aromatic nitrogens is 4. The first-order chi connectivity index (χ1) is 17.6. The Hall–Kier alpha value is -1.21. The molecule has 2 heterocycles. The molecular weight excluding hydrogens is 556 g/mol. The number of imidazole rings is 1. The van der Waals surface area contributed by atoms with Crippen LogP contribution in [0.2, 0.25) is 0 Å². The van der Waals surface area contributed by atoms with Crippen LogP contribution in [0.1, 0.15) is 61.4 Å². The van der Waals surface area contributed by atoms with Gasteiger partial charge in [0.1, 0.15) is 23.9 Å². The second kappa shape index (κ2) is 14.4. The average molecular weight is 598 g/mol. The zero-order valence-corrected chi connectivity index (χ0v) is 25.9. The lowest BCUT2D eigenvalue weighted by Crippen LogP contribution is -2.23. The van der Waals surface area contributed by atoms with Gasteiger partial charge in [0.05, 0.1) is 50.0 Å². The fourth-order valence-corrected chi connectivity index (χ4v) is 7.31. The van der Waals surface area contributed by atoms with E-state index in [0.717, 1.165) is 0 Å². The average Bonchev–Trinajstić information content (AvgIpc) is 3.14. The lowest BCUT2D eigenvalue weighted by atomic mass is 10.3. The van der Waals surface area contributed by atoms with Gasteiger partial charge in [0.15, 0.2) is 10.6 Å². The third-order valence-electron chi connectivity index (χ3n) is 4.46. The monoisotopic (exact) mass is 597 g/mol. The fourth-order valence-electron chi connectivity index (χ4n) is 3.50. The molecule has 0 saturated carbocycles. The van der Waals surface area contributed by atoms with E-state index in [1.165, 1.54) is 0 Å². The predicted octanol–water partition coefficient (Wildman–Crippen LogP) is 5.65. The maximum absolute atomic E-state index is 13.2. The molecule has 218 valence electrons. The molecule has 0 aliphatic carbocycles. The normalized spacial score (nSPS) is 13.3. The van der Waals surface area contributed by atoms with E-state index < -0.39 is 21.2 Å². The number of fused-ring (bicyclic) bond motifs is 1. The molecule has 2 rings (SSSR count). The van der Waals surface area contributed by atoms with Crippen LogP contribution in [0.5, 0.6) is 0 Å². The highest BCUT2D eigenvalue weighted by Gasteiger charge is 2.31. The molecule has 2 aromatic rings. The van der Waals surface area contributed by atoms with Gasteiger partial charge in [-0.25, -0.2) is 9.97 Å². The third-order valence-corrected chi connectivity index (χ3v) is 8.72. The predicted molar refractivity (Wildman–Crippen MR) is 148 cm³/mol. The Balaban J connectivity index is 2.28. The summed E-state index contributed by atoms with van der Waals surface area (Å²) in [5.41, 5.74) is 6.81. The number of nitrogen functional groups attached to an aromatic ring is 1. The molecule has 0 saturated heterocycles. The van der Waals surface area contributed by atoms with Crippen LogP contribution in [-0.2, 0) is 36.7 Å². The fraction of sp³-hybridized carbons (Fsp3) is 0.773. The Kier molecular flexibility index (Phi) is 12.5. The second-order valence-electron chi connectivity index (χ2n) is 9.77. The molecule has 0 unspecified atom stereocenters. The first-order valence-corrected chi connectivity index (χ1v) is 16.3. The van der Waals surface area contributed by atoms with Gasteiger partial charge in [0, 0.05) is 0 Å². The van der Waals surface area contributed by atoms with E-state index in [1.807, 2.05) is 0 Å². The van der Waals surface area contributed by atoms with Crippen LogP contribution in [0.4, 0.5) is 5.95 Å². The van der Waals surface area contributed by atoms with Crippen molar-refractivity contribution in [3.63, 3.8) is 0 Å². The van der Waals surface area contributed by atoms with Crippen molar-refractivity contribution in [2.75, 3.05) is 31.6 Å². The second-order valence-corrected chi connectivity index (χ2v) is 14.0. The summed E-state index contributed by atoms with van der Waals surface area (Å²) in [6.45, 7) is 14.2. The van der Waals surface area contributed by atoms with Gasteiger partial charge in [-0.15, -0.1) is 0 Å². The molecule has 0 radical (unpaired) electrons. The number of rotatable bonds is 17. The summed E-state index contributed by atoms with van der Waals surface area (Å²) in [4.78, 5) is 11.3. The molecule has 0 spiro atoms. The standard InChI is InChI=1S/C22H41N5O8P2S/c1-14(2)32-36(28,33-15(3)4)12-30-9-18(10-31-13-37(29,34-16(5)6)35-17(7)8)27-11-24-19-20(27)25-22(23)26-21(19)38/h11,14-18H,9-10,12-13H2,1-8H3,(H3,23,25,26,38). The molecule has 0 fully saturated rings. The minimum atomic E-state index is -3.54. The SMILES string of the molecule is CC(C)OP(=O)(COCC(COCP(=O)(OC(C)C)OC(C)C)n1cnc2c(=S)nc(N)[nH]c21)OC(C)C. The summed E-state index contributed by atoms with van der Waals surface area (Å²) in [7, 11) is -7.08. The van der Waals surface area contributed by atoms with Crippen LogP contribution >= 0.6 is 27.4 Å². The number of anilines is 1. The summed E-state index contributed by atoms with van der Waals surface area (Å²) < 4.78 is 62.4. The number of hydrogen-bond donors (Lipinski definition) is 2. The summed E-state index contributed by atoms with van der Waals surface area (Å²) in [5.74, 6) is 0.116. The highest BCUT2D eigenvalue weighted by Crippen LogP contribution is 2.51. The van der Waals surface area contributed by atoms with E-state index in [4.69, 9.17) is 45.5 Å². The lowest BCUT2D eigenvalue weighted by molar-refractivity contribution is 0.0474. The van der Waals surface area contributed by atoms with Crippen LogP contribution in [0.25, 0.3) is 11.2 Å². The van der Waals surface area contributed by atoms with Crippen molar-refractivity contribution < 1.29 is 36.7 Å². The number of nitrogens with zero attached hydrogens (tertiary/aromatic N) is 3. The summed E-state index contributed by atoms with van der Waals surface area (Å²) in [6.07, 6.45) is -0.329. The highest BCUT2D eigenvalue weighted by atomic mass is 32.1. The Morgan fingerprint density at radius 1 is 0.868 bits per heavy atom. The number of hydrogen-bond acceptors (Lipinski definition) is 12. The molecule has 38 heavy (non-hydrogen) atoms. The van der Waals surface area contributed by atoms with Crippen molar-refractivity contribution >= 4 is 44.5 Å². The van der Waals surface area contributed by atoms with Crippen molar-refractivity contribution in [3.05, 3.63) is 11.0 Å². The molecule has 0 aliphatic heterocycles. The zero-order chi connectivity index (χ0) is 28.7.